The second-order valence-electron chi connectivity index (χ2n) is 4.38. The SMILES string of the molecule is Cc1ccc(Cl)cc1NCC(O)COC(C)C. The number of benzene rings is 1. The number of nitrogens with one attached hydrogen (secondary N) is 1. The number of aryl methyl sites for hydroxylation is 1. The molecular weight excluding hydrogens is 238 g/mol. The molecule has 4 heteroatoms. The fourth-order valence-electron chi connectivity index (χ4n) is 1.37. The summed E-state index contributed by atoms with van der Waals surface area (Å²) in [4.78, 5) is 0. The maximum Gasteiger partial charge on any atom is 0.0945 e. The smallest absolute Gasteiger partial charge is 0.0945 e. The molecule has 0 amide bonds. The third-order valence-electron chi connectivity index (χ3n) is 2.35. The Balaban J connectivity index is 2.41. The van der Waals surface area contributed by atoms with Gasteiger partial charge in [0, 0.05) is 17.3 Å². The van der Waals surface area contributed by atoms with Crippen LogP contribution in [-0.2, 0) is 4.74 Å². The molecule has 0 fully saturated rings. The summed E-state index contributed by atoms with van der Waals surface area (Å²) < 4.78 is 5.33. The number of ether oxygens (including phenoxy) is 1. The zero-order chi connectivity index (χ0) is 12.8. The number of hydrogen-bond donors (Lipinski definition) is 2. The highest BCUT2D eigenvalue weighted by molar-refractivity contribution is 6.30. The summed E-state index contributed by atoms with van der Waals surface area (Å²) in [6.45, 7) is 6.68. The number of hydrogen-bond acceptors (Lipinski definition) is 3. The Morgan fingerprint density at radius 3 is 2.76 bits per heavy atom. The Hall–Kier alpha value is -0.770. The van der Waals surface area contributed by atoms with E-state index in [9.17, 15) is 5.11 Å². The van der Waals surface area contributed by atoms with Crippen molar-refractivity contribution in [1.82, 2.24) is 0 Å². The molecule has 1 aromatic rings. The lowest BCUT2D eigenvalue weighted by Gasteiger charge is -2.16. The monoisotopic (exact) mass is 257 g/mol. The zero-order valence-corrected chi connectivity index (χ0v) is 11.3. The lowest BCUT2D eigenvalue weighted by atomic mass is 10.2. The van der Waals surface area contributed by atoms with Crippen molar-refractivity contribution in [2.24, 2.45) is 0 Å². The van der Waals surface area contributed by atoms with Crippen LogP contribution in [0.15, 0.2) is 18.2 Å². The first-order chi connectivity index (χ1) is 7.99. The van der Waals surface area contributed by atoms with Gasteiger partial charge in [0.15, 0.2) is 0 Å². The first-order valence-electron chi connectivity index (χ1n) is 5.78. The molecule has 0 aromatic heterocycles. The molecule has 1 aromatic carbocycles. The van der Waals surface area contributed by atoms with E-state index in [1.807, 2.05) is 39.0 Å². The number of anilines is 1. The van der Waals surface area contributed by atoms with Gasteiger partial charge in [-0.05, 0) is 38.5 Å². The van der Waals surface area contributed by atoms with E-state index in [1.165, 1.54) is 0 Å². The Kier molecular flexibility index (Phi) is 5.75. The van der Waals surface area contributed by atoms with Crippen LogP contribution in [0.4, 0.5) is 5.69 Å². The maximum atomic E-state index is 9.70. The molecule has 17 heavy (non-hydrogen) atoms. The van der Waals surface area contributed by atoms with Crippen molar-refractivity contribution in [3.8, 4) is 0 Å². The van der Waals surface area contributed by atoms with Crippen LogP contribution in [0.5, 0.6) is 0 Å². The predicted octanol–water partition coefficient (Wildman–Crippen LogP) is 2.85. The molecule has 0 heterocycles. The van der Waals surface area contributed by atoms with E-state index in [2.05, 4.69) is 5.32 Å². The number of aliphatic hydroxyl groups is 1. The van der Waals surface area contributed by atoms with E-state index in [1.54, 1.807) is 0 Å². The van der Waals surface area contributed by atoms with Crippen LogP contribution in [0.3, 0.4) is 0 Å². The molecule has 1 rings (SSSR count). The van der Waals surface area contributed by atoms with Gasteiger partial charge in [0.2, 0.25) is 0 Å². The largest absolute Gasteiger partial charge is 0.389 e. The topological polar surface area (TPSA) is 41.5 Å². The second kappa shape index (κ2) is 6.84. The van der Waals surface area contributed by atoms with E-state index >= 15 is 0 Å². The van der Waals surface area contributed by atoms with Crippen molar-refractivity contribution in [3.63, 3.8) is 0 Å². The normalized spacial score (nSPS) is 12.8. The van der Waals surface area contributed by atoms with Gasteiger partial charge in [0.25, 0.3) is 0 Å². The first kappa shape index (κ1) is 14.3. The van der Waals surface area contributed by atoms with Gasteiger partial charge >= 0.3 is 0 Å². The number of halogens is 1. The molecular formula is C13H20ClNO2. The third kappa shape index (κ3) is 5.39. The molecule has 1 atom stereocenters. The van der Waals surface area contributed by atoms with E-state index < -0.39 is 6.10 Å². The number of aliphatic hydroxyl groups excluding tert-OH is 1. The highest BCUT2D eigenvalue weighted by Gasteiger charge is 2.06. The van der Waals surface area contributed by atoms with Crippen molar-refractivity contribution in [2.75, 3.05) is 18.5 Å². The summed E-state index contributed by atoms with van der Waals surface area (Å²) in [6, 6.07) is 5.65. The summed E-state index contributed by atoms with van der Waals surface area (Å²) in [7, 11) is 0. The van der Waals surface area contributed by atoms with Crippen LogP contribution < -0.4 is 5.32 Å². The third-order valence-corrected chi connectivity index (χ3v) is 2.58. The van der Waals surface area contributed by atoms with E-state index in [0.29, 0.717) is 18.2 Å². The lowest BCUT2D eigenvalue weighted by molar-refractivity contribution is 0.0112. The Labute approximate surface area is 108 Å². The van der Waals surface area contributed by atoms with Crippen molar-refractivity contribution in [1.29, 1.82) is 0 Å². The Morgan fingerprint density at radius 1 is 1.41 bits per heavy atom. The van der Waals surface area contributed by atoms with Crippen LogP contribution in [-0.4, -0.2) is 30.5 Å². The fourth-order valence-corrected chi connectivity index (χ4v) is 1.55. The molecule has 0 aliphatic heterocycles. The molecule has 0 aliphatic rings. The van der Waals surface area contributed by atoms with Gasteiger partial charge < -0.3 is 15.2 Å². The van der Waals surface area contributed by atoms with Crippen molar-refractivity contribution >= 4 is 17.3 Å². The molecule has 0 bridgehead atoms. The van der Waals surface area contributed by atoms with Gasteiger partial charge in [-0.1, -0.05) is 17.7 Å². The highest BCUT2D eigenvalue weighted by atomic mass is 35.5. The van der Waals surface area contributed by atoms with Gasteiger partial charge in [-0.2, -0.15) is 0 Å². The summed E-state index contributed by atoms with van der Waals surface area (Å²) in [6.07, 6.45) is -0.381. The van der Waals surface area contributed by atoms with Crippen LogP contribution in [0, 0.1) is 6.92 Å². The molecule has 2 N–H and O–H groups in total. The second-order valence-corrected chi connectivity index (χ2v) is 4.81. The van der Waals surface area contributed by atoms with E-state index in [0.717, 1.165) is 11.3 Å². The Morgan fingerprint density at radius 2 is 2.12 bits per heavy atom. The average Bonchev–Trinajstić information content (AvgIpc) is 2.27. The van der Waals surface area contributed by atoms with Gasteiger partial charge in [0.05, 0.1) is 18.8 Å². The first-order valence-corrected chi connectivity index (χ1v) is 6.16. The van der Waals surface area contributed by atoms with Crippen LogP contribution >= 0.6 is 11.6 Å². The highest BCUT2D eigenvalue weighted by Crippen LogP contribution is 2.19. The summed E-state index contributed by atoms with van der Waals surface area (Å²) in [5.74, 6) is 0. The summed E-state index contributed by atoms with van der Waals surface area (Å²) in [5, 5.41) is 13.5. The van der Waals surface area contributed by atoms with Crippen LogP contribution in [0.25, 0.3) is 0 Å². The molecule has 0 spiro atoms. The van der Waals surface area contributed by atoms with Crippen molar-refractivity contribution in [3.05, 3.63) is 28.8 Å². The molecule has 0 saturated heterocycles. The fraction of sp³-hybridized carbons (Fsp3) is 0.538. The lowest BCUT2D eigenvalue weighted by Crippen LogP contribution is -2.26. The summed E-state index contributed by atoms with van der Waals surface area (Å²) >= 11 is 5.91. The predicted molar refractivity (Wildman–Crippen MR) is 71.8 cm³/mol. The quantitative estimate of drug-likeness (QED) is 0.824. The molecule has 96 valence electrons. The van der Waals surface area contributed by atoms with Crippen molar-refractivity contribution < 1.29 is 9.84 Å². The maximum absolute atomic E-state index is 9.70. The van der Waals surface area contributed by atoms with Crippen LogP contribution in [0.1, 0.15) is 19.4 Å². The zero-order valence-electron chi connectivity index (χ0n) is 10.5. The molecule has 1 unspecified atom stereocenters. The minimum atomic E-state index is -0.518. The molecule has 0 aliphatic carbocycles. The minimum Gasteiger partial charge on any atom is -0.389 e. The van der Waals surface area contributed by atoms with E-state index in [4.69, 9.17) is 16.3 Å². The van der Waals surface area contributed by atoms with Gasteiger partial charge in [-0.25, -0.2) is 0 Å². The standard InChI is InChI=1S/C13H20ClNO2/c1-9(2)17-8-12(16)7-15-13-6-11(14)5-4-10(13)3/h4-6,9,12,15-16H,7-8H2,1-3H3. The molecule has 3 nitrogen and oxygen atoms in total. The van der Waals surface area contributed by atoms with Crippen molar-refractivity contribution in [2.45, 2.75) is 33.0 Å². The molecule has 0 radical (unpaired) electrons. The number of rotatable bonds is 6. The summed E-state index contributed by atoms with van der Waals surface area (Å²) in [5.41, 5.74) is 2.05. The average molecular weight is 258 g/mol. The minimum absolute atomic E-state index is 0.137. The van der Waals surface area contributed by atoms with Gasteiger partial charge in [-0.3, -0.25) is 0 Å². The van der Waals surface area contributed by atoms with Gasteiger partial charge in [-0.15, -0.1) is 0 Å². The molecule has 0 saturated carbocycles. The van der Waals surface area contributed by atoms with E-state index in [-0.39, 0.29) is 6.10 Å². The Bertz CT molecular complexity index is 355. The van der Waals surface area contributed by atoms with Crippen LogP contribution in [0.2, 0.25) is 5.02 Å². The van der Waals surface area contributed by atoms with Gasteiger partial charge in [0.1, 0.15) is 0 Å².